The van der Waals surface area contributed by atoms with E-state index < -0.39 is 0 Å². The Bertz CT molecular complexity index is 279. The molecule has 0 aliphatic carbocycles. The summed E-state index contributed by atoms with van der Waals surface area (Å²) in [5, 5.41) is 3.34. The van der Waals surface area contributed by atoms with Crippen molar-refractivity contribution in [2.24, 2.45) is 0 Å². The van der Waals surface area contributed by atoms with Crippen LogP contribution in [0.1, 0.15) is 38.7 Å². The average molecular weight is 224 g/mol. The van der Waals surface area contributed by atoms with Crippen LogP contribution in [0, 0.1) is 0 Å². The van der Waals surface area contributed by atoms with Crippen molar-refractivity contribution in [1.29, 1.82) is 0 Å². The molecular formula is C13H24N2O. The molecule has 0 aromatic carbocycles. The molecule has 3 heteroatoms. The first-order chi connectivity index (χ1) is 7.80. The van der Waals surface area contributed by atoms with Gasteiger partial charge in [-0.25, -0.2) is 0 Å². The van der Waals surface area contributed by atoms with E-state index in [1.54, 1.807) is 0 Å². The number of hydrogen-bond donors (Lipinski definition) is 1. The van der Waals surface area contributed by atoms with Crippen molar-refractivity contribution < 1.29 is 4.42 Å². The van der Waals surface area contributed by atoms with Crippen LogP contribution >= 0.6 is 0 Å². The highest BCUT2D eigenvalue weighted by Crippen LogP contribution is 2.10. The summed E-state index contributed by atoms with van der Waals surface area (Å²) in [6, 6.07) is 4.16. The highest BCUT2D eigenvalue weighted by molar-refractivity contribution is 5.07. The van der Waals surface area contributed by atoms with E-state index in [-0.39, 0.29) is 0 Å². The molecule has 0 saturated carbocycles. The molecule has 0 atom stereocenters. The largest absolute Gasteiger partial charge is 0.463 e. The van der Waals surface area contributed by atoms with Crippen molar-refractivity contribution >= 4 is 0 Å². The van der Waals surface area contributed by atoms with Gasteiger partial charge < -0.3 is 9.73 Å². The maximum Gasteiger partial charge on any atom is 0.118 e. The molecule has 0 aliphatic heterocycles. The van der Waals surface area contributed by atoms with E-state index in [0.29, 0.717) is 0 Å². The predicted octanol–water partition coefficient (Wildman–Crippen LogP) is 2.62. The van der Waals surface area contributed by atoms with Gasteiger partial charge in [0.05, 0.1) is 13.1 Å². The van der Waals surface area contributed by atoms with E-state index in [1.165, 1.54) is 0 Å². The lowest BCUT2D eigenvalue weighted by Gasteiger charge is -2.15. The molecule has 0 amide bonds. The lowest BCUT2D eigenvalue weighted by Crippen LogP contribution is -2.21. The molecule has 3 nitrogen and oxygen atoms in total. The summed E-state index contributed by atoms with van der Waals surface area (Å²) >= 11 is 0. The molecule has 1 aromatic rings. The van der Waals surface area contributed by atoms with Crippen molar-refractivity contribution in [3.63, 3.8) is 0 Å². The second-order valence-corrected chi connectivity index (χ2v) is 4.01. The van der Waals surface area contributed by atoms with Gasteiger partial charge in [0.15, 0.2) is 0 Å². The molecule has 1 rings (SSSR count). The molecule has 0 radical (unpaired) electrons. The topological polar surface area (TPSA) is 28.4 Å². The van der Waals surface area contributed by atoms with Crippen LogP contribution in [-0.2, 0) is 13.1 Å². The molecule has 0 bridgehead atoms. The fraction of sp³-hybridized carbons (Fsp3) is 0.692. The van der Waals surface area contributed by atoms with E-state index in [4.69, 9.17) is 4.42 Å². The Hall–Kier alpha value is -0.800. The zero-order valence-corrected chi connectivity index (χ0v) is 10.8. The van der Waals surface area contributed by atoms with Crippen LogP contribution < -0.4 is 5.32 Å². The average Bonchev–Trinajstić information content (AvgIpc) is 2.74. The molecule has 1 N–H and O–H groups in total. The van der Waals surface area contributed by atoms with E-state index in [1.807, 2.05) is 0 Å². The maximum atomic E-state index is 5.76. The van der Waals surface area contributed by atoms with Crippen LogP contribution in [0.4, 0.5) is 0 Å². The fourth-order valence-electron chi connectivity index (χ4n) is 1.66. The molecule has 0 aliphatic rings. The monoisotopic (exact) mass is 224 g/mol. The standard InChI is InChI=1S/C13H24N2O/c1-4-9-14-10-12-7-8-13(16-12)11-15(5-2)6-3/h7-8,14H,4-6,9-11H2,1-3H3. The zero-order valence-electron chi connectivity index (χ0n) is 10.8. The van der Waals surface area contributed by atoms with Crippen LogP contribution in [0.2, 0.25) is 0 Å². The Kier molecular flexibility index (Phi) is 6.19. The summed E-state index contributed by atoms with van der Waals surface area (Å²) in [4.78, 5) is 2.35. The minimum Gasteiger partial charge on any atom is -0.463 e. The van der Waals surface area contributed by atoms with Gasteiger partial charge >= 0.3 is 0 Å². The van der Waals surface area contributed by atoms with E-state index in [0.717, 1.165) is 50.7 Å². The second-order valence-electron chi connectivity index (χ2n) is 4.01. The first-order valence-electron chi connectivity index (χ1n) is 6.30. The van der Waals surface area contributed by atoms with E-state index >= 15 is 0 Å². The van der Waals surface area contributed by atoms with Crippen LogP contribution in [0.25, 0.3) is 0 Å². The molecule has 0 saturated heterocycles. The second kappa shape index (κ2) is 7.47. The van der Waals surface area contributed by atoms with Crippen LogP contribution in [0.3, 0.4) is 0 Å². The summed E-state index contributed by atoms with van der Waals surface area (Å²) in [6.45, 7) is 11.5. The van der Waals surface area contributed by atoms with Gasteiger partial charge in [-0.15, -0.1) is 0 Å². The molecule has 0 spiro atoms. The van der Waals surface area contributed by atoms with E-state index in [2.05, 4.69) is 43.1 Å². The van der Waals surface area contributed by atoms with Crippen molar-refractivity contribution in [1.82, 2.24) is 10.2 Å². The van der Waals surface area contributed by atoms with Crippen molar-refractivity contribution in [3.05, 3.63) is 23.7 Å². The van der Waals surface area contributed by atoms with Gasteiger partial charge in [-0.2, -0.15) is 0 Å². The summed E-state index contributed by atoms with van der Waals surface area (Å²) in [5.41, 5.74) is 0. The number of nitrogens with zero attached hydrogens (tertiary/aromatic N) is 1. The lowest BCUT2D eigenvalue weighted by molar-refractivity contribution is 0.265. The Morgan fingerprint density at radius 2 is 1.81 bits per heavy atom. The van der Waals surface area contributed by atoms with Gasteiger partial charge in [0.2, 0.25) is 0 Å². The van der Waals surface area contributed by atoms with Gasteiger partial charge in [-0.3, -0.25) is 4.90 Å². The third-order valence-corrected chi connectivity index (χ3v) is 2.72. The number of hydrogen-bond acceptors (Lipinski definition) is 3. The molecule has 1 heterocycles. The van der Waals surface area contributed by atoms with Gasteiger partial charge in [0, 0.05) is 0 Å². The van der Waals surface area contributed by atoms with Crippen LogP contribution in [0.5, 0.6) is 0 Å². The molecule has 92 valence electrons. The molecule has 0 unspecified atom stereocenters. The van der Waals surface area contributed by atoms with Gasteiger partial charge in [-0.1, -0.05) is 20.8 Å². The van der Waals surface area contributed by atoms with Gasteiger partial charge in [0.25, 0.3) is 0 Å². The summed E-state index contributed by atoms with van der Waals surface area (Å²) in [7, 11) is 0. The lowest BCUT2D eigenvalue weighted by atomic mass is 10.4. The number of rotatable bonds is 8. The van der Waals surface area contributed by atoms with Crippen LogP contribution in [-0.4, -0.2) is 24.5 Å². The summed E-state index contributed by atoms with van der Waals surface area (Å²) in [6.07, 6.45) is 1.16. The maximum absolute atomic E-state index is 5.76. The van der Waals surface area contributed by atoms with Crippen molar-refractivity contribution in [3.8, 4) is 0 Å². The van der Waals surface area contributed by atoms with Gasteiger partial charge in [-0.05, 0) is 38.2 Å². The van der Waals surface area contributed by atoms with Crippen LogP contribution in [0.15, 0.2) is 16.5 Å². The van der Waals surface area contributed by atoms with Crippen molar-refractivity contribution in [2.75, 3.05) is 19.6 Å². The fourth-order valence-corrected chi connectivity index (χ4v) is 1.66. The number of furan rings is 1. The quantitative estimate of drug-likeness (QED) is 0.688. The minimum atomic E-state index is 0.839. The Morgan fingerprint density at radius 3 is 2.44 bits per heavy atom. The molecular weight excluding hydrogens is 200 g/mol. The third-order valence-electron chi connectivity index (χ3n) is 2.72. The zero-order chi connectivity index (χ0) is 11.8. The Morgan fingerprint density at radius 1 is 1.12 bits per heavy atom. The predicted molar refractivity (Wildman–Crippen MR) is 67.3 cm³/mol. The first kappa shape index (κ1) is 13.3. The highest BCUT2D eigenvalue weighted by atomic mass is 16.3. The third kappa shape index (κ3) is 4.37. The highest BCUT2D eigenvalue weighted by Gasteiger charge is 2.05. The molecule has 16 heavy (non-hydrogen) atoms. The Balaban J connectivity index is 2.38. The molecule has 0 fully saturated rings. The minimum absolute atomic E-state index is 0.839. The van der Waals surface area contributed by atoms with Gasteiger partial charge in [0.1, 0.15) is 11.5 Å². The Labute approximate surface area is 98.8 Å². The van der Waals surface area contributed by atoms with E-state index in [9.17, 15) is 0 Å². The SMILES string of the molecule is CCCNCc1ccc(CN(CC)CC)o1. The number of nitrogens with one attached hydrogen (secondary N) is 1. The normalized spacial score (nSPS) is 11.2. The first-order valence-corrected chi connectivity index (χ1v) is 6.30. The smallest absolute Gasteiger partial charge is 0.118 e. The summed E-state index contributed by atoms with van der Waals surface area (Å²) in [5.74, 6) is 2.10. The summed E-state index contributed by atoms with van der Waals surface area (Å²) < 4.78 is 5.76. The molecule has 1 aromatic heterocycles. The van der Waals surface area contributed by atoms with Crippen molar-refractivity contribution in [2.45, 2.75) is 40.3 Å².